The molecule has 0 N–H and O–H groups in total. The zero-order chi connectivity index (χ0) is 35.5. The lowest BCUT2D eigenvalue weighted by Gasteiger charge is -2.41. The van der Waals surface area contributed by atoms with Crippen LogP contribution in [0, 0.1) is 17.1 Å². The van der Waals surface area contributed by atoms with E-state index in [9.17, 15) is 18.8 Å². The maximum Gasteiger partial charge on any atom is 0.318 e. The zero-order valence-corrected chi connectivity index (χ0v) is 28.4. The molecule has 0 radical (unpaired) electrons. The number of amides is 1. The molecule has 3 unspecified atom stereocenters. The van der Waals surface area contributed by atoms with Crippen molar-refractivity contribution in [3.63, 3.8) is 0 Å². The average Bonchev–Trinajstić information content (AvgIpc) is 3.81. The number of alkyl halides is 1. The quantitative estimate of drug-likeness (QED) is 0.207. The van der Waals surface area contributed by atoms with E-state index in [1.54, 1.807) is 24.4 Å². The topological polar surface area (TPSA) is 111 Å². The zero-order valence-electron chi connectivity index (χ0n) is 28.4. The second-order valence-electron chi connectivity index (χ2n) is 13.4. The van der Waals surface area contributed by atoms with E-state index >= 15 is 4.39 Å². The van der Waals surface area contributed by atoms with Gasteiger partial charge in [-0.1, -0.05) is 30.3 Å². The fraction of sp³-hybridized carbons (Fsp3) is 0.421. The molecule has 4 aromatic rings. The Morgan fingerprint density at radius 1 is 1.06 bits per heavy atom. The summed E-state index contributed by atoms with van der Waals surface area (Å²) in [7, 11) is 1.40. The lowest BCUT2D eigenvalue weighted by Crippen LogP contribution is -2.55. The summed E-state index contributed by atoms with van der Waals surface area (Å²) in [5.74, 6) is -1.60. The van der Waals surface area contributed by atoms with Gasteiger partial charge >= 0.3 is 6.01 Å². The minimum Gasteiger partial charge on any atom is -0.467 e. The molecular weight excluding hydrogens is 657 g/mol. The number of pyridine rings is 2. The molecule has 1 aromatic carbocycles. The van der Waals surface area contributed by atoms with Crippen molar-refractivity contribution >= 4 is 28.7 Å². The van der Waals surface area contributed by atoms with E-state index in [0.717, 1.165) is 43.0 Å². The van der Waals surface area contributed by atoms with Gasteiger partial charge in [0.1, 0.15) is 23.2 Å². The number of nitriles is 1. The van der Waals surface area contributed by atoms with E-state index in [1.807, 2.05) is 29.2 Å². The standard InChI is InChI=1S/C31H27F2N7O2.C7H12FN/c1-42-31-37-28-24(17-36-27(26(28)33)23-8-3-2-7-22(23)19-9-10-19)29(38-31)39-14-15-40(21(18-39)11-12-34)30(41)25(32)16-20-6-4-5-13-35-20;8-6-4-7-2-1-3-9(7)5-6/h2-8,13,16-17,19,21H,9-11,14-15,18H2,1H3;6-7H,1-5H2/b25-16-;. The monoisotopic (exact) mass is 696 g/mol. The Morgan fingerprint density at radius 2 is 1.88 bits per heavy atom. The largest absolute Gasteiger partial charge is 0.467 e. The maximum atomic E-state index is 16.1. The first-order valence-electron chi connectivity index (χ1n) is 17.4. The van der Waals surface area contributed by atoms with Gasteiger partial charge in [-0.3, -0.25) is 19.7 Å². The highest BCUT2D eigenvalue weighted by molar-refractivity contribution is 5.96. The van der Waals surface area contributed by atoms with Gasteiger partial charge in [-0.2, -0.15) is 15.2 Å². The molecule has 4 fully saturated rings. The van der Waals surface area contributed by atoms with Gasteiger partial charge in [-0.15, -0.1) is 0 Å². The van der Waals surface area contributed by atoms with Crippen LogP contribution in [0.4, 0.5) is 19.0 Å². The van der Waals surface area contributed by atoms with Gasteiger partial charge in [0.05, 0.1) is 36.7 Å². The first-order valence-corrected chi connectivity index (χ1v) is 17.4. The van der Waals surface area contributed by atoms with E-state index in [0.29, 0.717) is 35.4 Å². The van der Waals surface area contributed by atoms with Gasteiger partial charge < -0.3 is 14.5 Å². The maximum absolute atomic E-state index is 16.1. The van der Waals surface area contributed by atoms with Crippen LogP contribution in [0.1, 0.15) is 55.7 Å². The van der Waals surface area contributed by atoms with Crippen molar-refractivity contribution in [1.29, 1.82) is 5.26 Å². The van der Waals surface area contributed by atoms with Crippen molar-refractivity contribution in [2.75, 3.05) is 44.7 Å². The fourth-order valence-electron chi connectivity index (χ4n) is 7.42. The molecule has 4 aliphatic rings. The van der Waals surface area contributed by atoms with E-state index in [1.165, 1.54) is 31.0 Å². The summed E-state index contributed by atoms with van der Waals surface area (Å²) >= 11 is 0. The summed E-state index contributed by atoms with van der Waals surface area (Å²) in [5.41, 5.74) is 2.39. The highest BCUT2D eigenvalue weighted by atomic mass is 19.1. The normalized spacial score (nSPS) is 21.9. The van der Waals surface area contributed by atoms with Gasteiger partial charge in [0.25, 0.3) is 5.91 Å². The lowest BCUT2D eigenvalue weighted by atomic mass is 9.99. The molecular formula is C38H39F3N8O2. The highest BCUT2D eigenvalue weighted by Crippen LogP contribution is 2.45. The second kappa shape index (κ2) is 15.0. The van der Waals surface area contributed by atoms with Gasteiger partial charge in [0.15, 0.2) is 11.6 Å². The Balaban J connectivity index is 0.000000389. The third-order valence-electron chi connectivity index (χ3n) is 10.1. The number of fused-ring (bicyclic) bond motifs is 2. The molecule has 264 valence electrons. The van der Waals surface area contributed by atoms with Crippen LogP contribution in [0.25, 0.3) is 28.2 Å². The molecule has 0 spiro atoms. The van der Waals surface area contributed by atoms with Gasteiger partial charge in [0.2, 0.25) is 0 Å². The molecule has 3 aliphatic heterocycles. The van der Waals surface area contributed by atoms with Gasteiger partial charge in [-0.05, 0) is 62.3 Å². The van der Waals surface area contributed by atoms with E-state index in [-0.39, 0.29) is 43.3 Å². The summed E-state index contributed by atoms with van der Waals surface area (Å²) in [6.07, 6.45) is 9.04. The van der Waals surface area contributed by atoms with Crippen molar-refractivity contribution in [3.8, 4) is 23.3 Å². The second-order valence-corrected chi connectivity index (χ2v) is 13.4. The van der Waals surface area contributed by atoms with Crippen LogP contribution >= 0.6 is 0 Å². The van der Waals surface area contributed by atoms with Crippen LogP contribution in [-0.2, 0) is 4.79 Å². The fourth-order valence-corrected chi connectivity index (χ4v) is 7.42. The summed E-state index contributed by atoms with van der Waals surface area (Å²) in [5, 5.41) is 9.89. The summed E-state index contributed by atoms with van der Waals surface area (Å²) in [6, 6.07) is 14.7. The third-order valence-corrected chi connectivity index (χ3v) is 10.1. The van der Waals surface area contributed by atoms with Crippen molar-refractivity contribution in [2.45, 2.75) is 62.7 Å². The Morgan fingerprint density at radius 3 is 2.63 bits per heavy atom. The molecule has 13 heteroatoms. The summed E-state index contributed by atoms with van der Waals surface area (Å²) in [6.45, 7) is 2.40. The molecule has 1 saturated carbocycles. The van der Waals surface area contributed by atoms with Crippen LogP contribution in [-0.4, -0.2) is 93.7 Å². The number of halogens is 3. The molecule has 0 bridgehead atoms. The third kappa shape index (κ3) is 7.37. The predicted octanol–water partition coefficient (Wildman–Crippen LogP) is 6.25. The number of hydrogen-bond acceptors (Lipinski definition) is 9. The highest BCUT2D eigenvalue weighted by Gasteiger charge is 2.36. The van der Waals surface area contributed by atoms with Gasteiger partial charge in [0, 0.05) is 56.3 Å². The van der Waals surface area contributed by atoms with Crippen LogP contribution in [0.2, 0.25) is 0 Å². The number of ether oxygens (including phenoxy) is 1. The number of piperazine rings is 1. The Kier molecular flexibility index (Phi) is 10.1. The minimum absolute atomic E-state index is 0.0243. The number of aromatic nitrogens is 4. The predicted molar refractivity (Wildman–Crippen MR) is 187 cm³/mol. The van der Waals surface area contributed by atoms with Crippen LogP contribution in [0.5, 0.6) is 6.01 Å². The molecule has 1 amide bonds. The molecule has 51 heavy (non-hydrogen) atoms. The van der Waals surface area contributed by atoms with E-state index in [2.05, 4.69) is 30.9 Å². The first-order chi connectivity index (χ1) is 24.8. The molecule has 8 rings (SSSR count). The smallest absolute Gasteiger partial charge is 0.318 e. The average molecular weight is 697 g/mol. The molecule has 1 aliphatic carbocycles. The molecule has 3 atom stereocenters. The van der Waals surface area contributed by atoms with E-state index < -0.39 is 29.8 Å². The number of benzene rings is 1. The number of nitrogens with zero attached hydrogens (tertiary/aromatic N) is 8. The number of carbonyl (C=O) groups excluding carboxylic acids is 1. The Bertz CT molecular complexity index is 1960. The Labute approximate surface area is 294 Å². The number of rotatable bonds is 7. The lowest BCUT2D eigenvalue weighted by molar-refractivity contribution is -0.131. The molecule has 3 saturated heterocycles. The number of methoxy groups -OCH3 is 1. The van der Waals surface area contributed by atoms with Crippen LogP contribution in [0.3, 0.4) is 0 Å². The SMILES string of the molecule is COc1nc(N2CCN(C(=O)/C(F)=C/c3ccccn3)C(CC#N)C2)c2cnc(-c3ccccc3C3CC3)c(F)c2n1.FC1CC2CCCN2C1. The molecule has 3 aromatic heterocycles. The van der Waals surface area contributed by atoms with E-state index in [4.69, 9.17) is 4.74 Å². The van der Waals surface area contributed by atoms with Crippen LogP contribution in [0.15, 0.2) is 60.7 Å². The number of hydrogen-bond donors (Lipinski definition) is 0. The number of anilines is 1. The van der Waals surface area contributed by atoms with Crippen molar-refractivity contribution < 1.29 is 22.7 Å². The summed E-state index contributed by atoms with van der Waals surface area (Å²) in [4.78, 5) is 35.9. The summed E-state index contributed by atoms with van der Waals surface area (Å²) < 4.78 is 49.0. The van der Waals surface area contributed by atoms with Crippen molar-refractivity contribution in [1.82, 2.24) is 29.7 Å². The first kappa shape index (κ1) is 34.4. The number of carbonyl (C=O) groups is 1. The van der Waals surface area contributed by atoms with Crippen LogP contribution < -0.4 is 9.64 Å². The Hall–Kier alpha value is -5.09. The minimum atomic E-state index is -0.968. The molecule has 10 nitrogen and oxygen atoms in total. The molecule has 6 heterocycles. The van der Waals surface area contributed by atoms with Gasteiger partial charge in [-0.25, -0.2) is 13.2 Å². The van der Waals surface area contributed by atoms with Crippen molar-refractivity contribution in [3.05, 3.63) is 77.8 Å². The van der Waals surface area contributed by atoms with Crippen molar-refractivity contribution in [2.24, 2.45) is 0 Å².